The highest BCUT2D eigenvalue weighted by Crippen LogP contribution is 2.14. The van der Waals surface area contributed by atoms with Gasteiger partial charge in [-0.15, -0.1) is 0 Å². The maximum absolute atomic E-state index is 12.5. The Balaban J connectivity index is 1.61. The first-order valence-electron chi connectivity index (χ1n) is 8.83. The summed E-state index contributed by atoms with van der Waals surface area (Å²) < 4.78 is 38.2. The van der Waals surface area contributed by atoms with Gasteiger partial charge in [0.25, 0.3) is 5.91 Å². The Bertz CT molecular complexity index is 713. The van der Waals surface area contributed by atoms with Gasteiger partial charge in [-0.1, -0.05) is 6.07 Å². The summed E-state index contributed by atoms with van der Waals surface area (Å²) in [6.07, 6.45) is 0. The molecular formula is C17H25N3O5S. The number of hydrogen-bond acceptors (Lipinski definition) is 6. The van der Waals surface area contributed by atoms with Crippen LogP contribution in [0.15, 0.2) is 29.2 Å². The molecule has 2 saturated heterocycles. The molecule has 0 radical (unpaired) electrons. The number of sulfonamides is 1. The summed E-state index contributed by atoms with van der Waals surface area (Å²) in [6.45, 7) is 5.99. The summed E-state index contributed by atoms with van der Waals surface area (Å²) in [4.78, 5) is 16.5. The maximum atomic E-state index is 12.5. The minimum atomic E-state index is -3.65. The van der Waals surface area contributed by atoms with Crippen LogP contribution < -0.4 is 4.72 Å². The standard InChI is InChI=1S/C17H25N3O5S/c21-17(20-8-12-25-13-9-20)15-2-1-3-16(14-15)26(22,23)18-4-5-19-6-10-24-11-7-19/h1-3,14,18H,4-13H2. The molecule has 26 heavy (non-hydrogen) atoms. The van der Waals surface area contributed by atoms with Crippen molar-refractivity contribution in [2.45, 2.75) is 4.90 Å². The molecule has 8 nitrogen and oxygen atoms in total. The highest BCUT2D eigenvalue weighted by Gasteiger charge is 2.21. The number of nitrogens with one attached hydrogen (secondary N) is 1. The van der Waals surface area contributed by atoms with Crippen LogP contribution in [0.3, 0.4) is 0 Å². The molecule has 2 fully saturated rings. The van der Waals surface area contributed by atoms with E-state index in [1.54, 1.807) is 17.0 Å². The molecule has 2 heterocycles. The van der Waals surface area contributed by atoms with E-state index in [0.29, 0.717) is 58.2 Å². The lowest BCUT2D eigenvalue weighted by atomic mass is 10.2. The predicted octanol–water partition coefficient (Wildman–Crippen LogP) is -0.230. The zero-order valence-corrected chi connectivity index (χ0v) is 15.5. The van der Waals surface area contributed by atoms with E-state index in [1.807, 2.05) is 0 Å². The molecule has 1 N–H and O–H groups in total. The number of rotatable bonds is 6. The average molecular weight is 383 g/mol. The number of carbonyl (C=O) groups is 1. The van der Waals surface area contributed by atoms with Gasteiger partial charge < -0.3 is 14.4 Å². The van der Waals surface area contributed by atoms with Gasteiger partial charge in [-0.05, 0) is 18.2 Å². The molecule has 0 spiro atoms. The van der Waals surface area contributed by atoms with E-state index in [0.717, 1.165) is 13.1 Å². The van der Waals surface area contributed by atoms with Gasteiger partial charge >= 0.3 is 0 Å². The fourth-order valence-corrected chi connectivity index (χ4v) is 4.06. The Morgan fingerprint density at radius 2 is 1.69 bits per heavy atom. The summed E-state index contributed by atoms with van der Waals surface area (Å²) >= 11 is 0. The van der Waals surface area contributed by atoms with Gasteiger partial charge in [0.1, 0.15) is 0 Å². The van der Waals surface area contributed by atoms with Crippen LogP contribution in [0.25, 0.3) is 0 Å². The molecule has 3 rings (SSSR count). The van der Waals surface area contributed by atoms with E-state index >= 15 is 0 Å². The first-order chi connectivity index (χ1) is 12.6. The number of amides is 1. The molecule has 0 unspecified atom stereocenters. The Hall–Kier alpha value is -1.52. The van der Waals surface area contributed by atoms with Gasteiger partial charge in [-0.25, -0.2) is 13.1 Å². The van der Waals surface area contributed by atoms with Crippen LogP contribution in [0.5, 0.6) is 0 Å². The third-order valence-corrected chi connectivity index (χ3v) is 5.97. The van der Waals surface area contributed by atoms with Crippen molar-refractivity contribution < 1.29 is 22.7 Å². The Labute approximate surface area is 154 Å². The summed E-state index contributed by atoms with van der Waals surface area (Å²) in [6, 6.07) is 6.19. The van der Waals surface area contributed by atoms with Crippen molar-refractivity contribution in [2.24, 2.45) is 0 Å². The van der Waals surface area contributed by atoms with E-state index < -0.39 is 10.0 Å². The largest absolute Gasteiger partial charge is 0.379 e. The third-order valence-electron chi connectivity index (χ3n) is 4.51. The first kappa shape index (κ1) is 19.2. The normalized spacial score (nSPS) is 19.5. The fraction of sp³-hybridized carbons (Fsp3) is 0.588. The molecule has 0 aliphatic carbocycles. The average Bonchev–Trinajstić information content (AvgIpc) is 2.69. The van der Waals surface area contributed by atoms with E-state index in [-0.39, 0.29) is 10.8 Å². The van der Waals surface area contributed by atoms with Gasteiger partial charge in [0, 0.05) is 44.8 Å². The van der Waals surface area contributed by atoms with Crippen molar-refractivity contribution in [3.05, 3.63) is 29.8 Å². The van der Waals surface area contributed by atoms with E-state index in [1.165, 1.54) is 12.1 Å². The van der Waals surface area contributed by atoms with E-state index in [2.05, 4.69) is 9.62 Å². The molecule has 0 saturated carbocycles. The molecular weight excluding hydrogens is 358 g/mol. The van der Waals surface area contributed by atoms with Crippen LogP contribution in [-0.2, 0) is 19.5 Å². The van der Waals surface area contributed by atoms with Crippen LogP contribution in [0.4, 0.5) is 0 Å². The SMILES string of the molecule is O=C(c1cccc(S(=O)(=O)NCCN2CCOCC2)c1)N1CCOCC1. The summed E-state index contributed by atoms with van der Waals surface area (Å²) in [5.74, 6) is -0.168. The van der Waals surface area contributed by atoms with Crippen molar-refractivity contribution in [1.82, 2.24) is 14.5 Å². The minimum absolute atomic E-state index is 0.110. The van der Waals surface area contributed by atoms with E-state index in [4.69, 9.17) is 9.47 Å². The van der Waals surface area contributed by atoms with Gasteiger partial charge in [0.05, 0.1) is 31.3 Å². The summed E-state index contributed by atoms with van der Waals surface area (Å²) in [5.41, 5.74) is 0.378. The summed E-state index contributed by atoms with van der Waals surface area (Å²) in [7, 11) is -3.65. The molecule has 9 heteroatoms. The van der Waals surface area contributed by atoms with E-state index in [9.17, 15) is 13.2 Å². The van der Waals surface area contributed by atoms with Gasteiger partial charge in [0.2, 0.25) is 10.0 Å². The van der Waals surface area contributed by atoms with Gasteiger partial charge in [-0.2, -0.15) is 0 Å². The Morgan fingerprint density at radius 1 is 1.04 bits per heavy atom. The van der Waals surface area contributed by atoms with Crippen LogP contribution in [0.2, 0.25) is 0 Å². The monoisotopic (exact) mass is 383 g/mol. The smallest absolute Gasteiger partial charge is 0.254 e. The Morgan fingerprint density at radius 3 is 2.38 bits per heavy atom. The number of hydrogen-bond donors (Lipinski definition) is 1. The number of nitrogens with zero attached hydrogens (tertiary/aromatic N) is 2. The topological polar surface area (TPSA) is 88.2 Å². The molecule has 144 valence electrons. The second kappa shape index (κ2) is 8.92. The molecule has 1 aromatic rings. The van der Waals surface area contributed by atoms with Gasteiger partial charge in [-0.3, -0.25) is 9.69 Å². The van der Waals surface area contributed by atoms with Crippen molar-refractivity contribution in [2.75, 3.05) is 65.7 Å². The maximum Gasteiger partial charge on any atom is 0.254 e. The van der Waals surface area contributed by atoms with Crippen LogP contribution >= 0.6 is 0 Å². The van der Waals surface area contributed by atoms with Crippen molar-refractivity contribution in [3.63, 3.8) is 0 Å². The fourth-order valence-electron chi connectivity index (χ4n) is 2.99. The summed E-state index contributed by atoms with van der Waals surface area (Å²) in [5, 5.41) is 0. The predicted molar refractivity (Wildman–Crippen MR) is 95.6 cm³/mol. The number of ether oxygens (including phenoxy) is 2. The zero-order chi connectivity index (χ0) is 18.4. The second-order valence-corrected chi connectivity index (χ2v) is 8.05. The quantitative estimate of drug-likeness (QED) is 0.730. The number of benzene rings is 1. The highest BCUT2D eigenvalue weighted by molar-refractivity contribution is 7.89. The lowest BCUT2D eigenvalue weighted by Gasteiger charge is -2.27. The second-order valence-electron chi connectivity index (χ2n) is 6.28. The molecule has 2 aliphatic heterocycles. The minimum Gasteiger partial charge on any atom is -0.379 e. The Kier molecular flexibility index (Phi) is 6.60. The first-order valence-corrected chi connectivity index (χ1v) is 10.3. The molecule has 1 aromatic carbocycles. The number of morpholine rings is 2. The molecule has 0 atom stereocenters. The lowest BCUT2D eigenvalue weighted by Crippen LogP contribution is -2.41. The third kappa shape index (κ3) is 5.01. The molecule has 2 aliphatic rings. The number of carbonyl (C=O) groups excluding carboxylic acids is 1. The van der Waals surface area contributed by atoms with Crippen LogP contribution in [-0.4, -0.2) is 89.8 Å². The molecule has 0 bridgehead atoms. The van der Waals surface area contributed by atoms with Crippen molar-refractivity contribution in [1.29, 1.82) is 0 Å². The van der Waals surface area contributed by atoms with Crippen LogP contribution in [0.1, 0.15) is 10.4 Å². The molecule has 1 amide bonds. The zero-order valence-electron chi connectivity index (χ0n) is 14.7. The van der Waals surface area contributed by atoms with Gasteiger partial charge in [0.15, 0.2) is 0 Å². The van der Waals surface area contributed by atoms with Crippen LogP contribution in [0, 0.1) is 0 Å². The van der Waals surface area contributed by atoms with Crippen molar-refractivity contribution in [3.8, 4) is 0 Å². The highest BCUT2D eigenvalue weighted by atomic mass is 32.2. The lowest BCUT2D eigenvalue weighted by molar-refractivity contribution is 0.0302. The molecule has 0 aromatic heterocycles. The van der Waals surface area contributed by atoms with Crippen molar-refractivity contribution >= 4 is 15.9 Å².